The second-order valence-electron chi connectivity index (χ2n) is 6.63. The van der Waals surface area contributed by atoms with Crippen LogP contribution in [-0.4, -0.2) is 25.5 Å². The third kappa shape index (κ3) is 2.56. The van der Waals surface area contributed by atoms with Gasteiger partial charge in [0.2, 0.25) is 0 Å². The van der Waals surface area contributed by atoms with E-state index < -0.39 is 5.91 Å². The van der Waals surface area contributed by atoms with E-state index >= 15 is 0 Å². The number of primary amides is 1. The Morgan fingerprint density at radius 3 is 2.50 bits per heavy atom. The molecule has 0 aliphatic rings. The van der Waals surface area contributed by atoms with Crippen molar-refractivity contribution in [2.75, 3.05) is 5.73 Å². The SMILES string of the molecule is Cc1ccc(O)c(C)c1-n1c(N)c(C(N)=O)c2cnc(-c3ccccc3)nc21. The molecule has 7 nitrogen and oxygen atoms in total. The Bertz CT molecular complexity index is 1230. The van der Waals surface area contributed by atoms with Gasteiger partial charge in [0.25, 0.3) is 5.91 Å². The quantitative estimate of drug-likeness (QED) is 0.510. The summed E-state index contributed by atoms with van der Waals surface area (Å²) in [6.07, 6.45) is 1.56. The minimum atomic E-state index is -0.659. The lowest BCUT2D eigenvalue weighted by Crippen LogP contribution is -2.14. The number of aromatic hydroxyl groups is 1. The number of hydrogen-bond acceptors (Lipinski definition) is 5. The van der Waals surface area contributed by atoms with E-state index in [0.29, 0.717) is 28.1 Å². The number of carbonyl (C=O) groups is 1. The van der Waals surface area contributed by atoms with Gasteiger partial charge in [0.1, 0.15) is 11.6 Å². The molecule has 0 saturated carbocycles. The van der Waals surface area contributed by atoms with Crippen LogP contribution in [0.5, 0.6) is 5.75 Å². The highest BCUT2D eigenvalue weighted by Crippen LogP contribution is 2.35. The Morgan fingerprint density at radius 2 is 1.82 bits per heavy atom. The fourth-order valence-electron chi connectivity index (χ4n) is 3.46. The molecule has 1 amide bonds. The monoisotopic (exact) mass is 373 g/mol. The number of nitrogen functional groups attached to an aromatic ring is 1. The second-order valence-corrected chi connectivity index (χ2v) is 6.63. The van der Waals surface area contributed by atoms with Gasteiger partial charge in [-0.25, -0.2) is 9.97 Å². The van der Waals surface area contributed by atoms with Crippen molar-refractivity contribution in [1.82, 2.24) is 14.5 Å². The zero-order valence-corrected chi connectivity index (χ0v) is 15.5. The minimum Gasteiger partial charge on any atom is -0.508 e. The predicted octanol–water partition coefficient (Wildman–Crippen LogP) is 3.09. The van der Waals surface area contributed by atoms with Crippen molar-refractivity contribution in [3.63, 3.8) is 0 Å². The molecule has 0 fully saturated rings. The highest BCUT2D eigenvalue weighted by molar-refractivity contribution is 6.11. The average molecular weight is 373 g/mol. The van der Waals surface area contributed by atoms with E-state index in [1.165, 1.54) is 0 Å². The van der Waals surface area contributed by atoms with Gasteiger partial charge in [0.05, 0.1) is 16.6 Å². The largest absolute Gasteiger partial charge is 0.508 e. The van der Waals surface area contributed by atoms with Crippen LogP contribution in [0.3, 0.4) is 0 Å². The maximum absolute atomic E-state index is 12.1. The lowest BCUT2D eigenvalue weighted by molar-refractivity contribution is 0.100. The predicted molar refractivity (Wildman–Crippen MR) is 108 cm³/mol. The van der Waals surface area contributed by atoms with Crippen molar-refractivity contribution in [2.24, 2.45) is 5.73 Å². The van der Waals surface area contributed by atoms with Gasteiger partial charge in [0, 0.05) is 17.3 Å². The molecule has 140 valence electrons. The maximum atomic E-state index is 12.1. The van der Waals surface area contributed by atoms with E-state index in [4.69, 9.17) is 11.5 Å². The normalized spacial score (nSPS) is 11.1. The Balaban J connectivity index is 2.12. The molecule has 0 unspecified atom stereocenters. The fraction of sp³-hybridized carbons (Fsp3) is 0.0952. The standard InChI is InChI=1S/C21H19N5O2/c1-11-8-9-15(27)12(2)17(11)26-18(22)16(19(23)28)14-10-24-20(25-21(14)26)13-6-4-3-5-7-13/h3-10,27H,22H2,1-2H3,(H2,23,28). The molecule has 0 atom stereocenters. The first-order valence-electron chi connectivity index (χ1n) is 8.71. The second kappa shape index (κ2) is 6.38. The van der Waals surface area contributed by atoms with E-state index in [-0.39, 0.29) is 17.1 Å². The van der Waals surface area contributed by atoms with Crippen LogP contribution in [0.4, 0.5) is 5.82 Å². The Morgan fingerprint density at radius 1 is 1.11 bits per heavy atom. The van der Waals surface area contributed by atoms with Crippen molar-refractivity contribution in [3.8, 4) is 22.8 Å². The topological polar surface area (TPSA) is 120 Å². The number of carbonyl (C=O) groups excluding carboxylic acids is 1. The van der Waals surface area contributed by atoms with Crippen LogP contribution < -0.4 is 11.5 Å². The number of phenolic OH excluding ortho intramolecular Hbond substituents is 1. The lowest BCUT2D eigenvalue weighted by Gasteiger charge is -2.15. The summed E-state index contributed by atoms with van der Waals surface area (Å²) in [6.45, 7) is 3.68. The average Bonchev–Trinajstić information content (AvgIpc) is 2.97. The van der Waals surface area contributed by atoms with Gasteiger partial charge in [-0.1, -0.05) is 36.4 Å². The Kier molecular flexibility index (Phi) is 4.00. The summed E-state index contributed by atoms with van der Waals surface area (Å²) in [7, 11) is 0. The zero-order chi connectivity index (χ0) is 20.0. The van der Waals surface area contributed by atoms with Gasteiger partial charge in [0.15, 0.2) is 11.5 Å². The number of amides is 1. The number of anilines is 1. The van der Waals surface area contributed by atoms with Crippen molar-refractivity contribution >= 4 is 22.8 Å². The van der Waals surface area contributed by atoms with Crippen LogP contribution in [-0.2, 0) is 0 Å². The summed E-state index contributed by atoms with van der Waals surface area (Å²) >= 11 is 0. The van der Waals surface area contributed by atoms with Gasteiger partial charge >= 0.3 is 0 Å². The number of hydrogen-bond donors (Lipinski definition) is 3. The lowest BCUT2D eigenvalue weighted by atomic mass is 10.1. The van der Waals surface area contributed by atoms with Gasteiger partial charge in [-0.05, 0) is 25.5 Å². The molecule has 4 aromatic rings. The molecule has 0 aliphatic carbocycles. The van der Waals surface area contributed by atoms with Crippen molar-refractivity contribution < 1.29 is 9.90 Å². The first kappa shape index (κ1) is 17.5. The molecule has 2 aromatic carbocycles. The summed E-state index contributed by atoms with van der Waals surface area (Å²) in [5.41, 5.74) is 15.5. The number of aromatic nitrogens is 3. The van der Waals surface area contributed by atoms with E-state index in [9.17, 15) is 9.90 Å². The van der Waals surface area contributed by atoms with E-state index in [0.717, 1.165) is 11.1 Å². The number of rotatable bonds is 3. The third-order valence-electron chi connectivity index (χ3n) is 4.85. The van der Waals surface area contributed by atoms with Crippen LogP contribution in [0, 0.1) is 13.8 Å². The number of nitrogens with zero attached hydrogens (tertiary/aromatic N) is 3. The van der Waals surface area contributed by atoms with E-state index in [2.05, 4.69) is 9.97 Å². The summed E-state index contributed by atoms with van der Waals surface area (Å²) in [5, 5.41) is 10.7. The first-order valence-corrected chi connectivity index (χ1v) is 8.71. The van der Waals surface area contributed by atoms with Crippen molar-refractivity contribution in [3.05, 3.63) is 65.4 Å². The third-order valence-corrected chi connectivity index (χ3v) is 4.85. The van der Waals surface area contributed by atoms with Crippen LogP contribution in [0.1, 0.15) is 21.5 Å². The maximum Gasteiger partial charge on any atom is 0.253 e. The molecule has 0 spiro atoms. The minimum absolute atomic E-state index is 0.125. The first-order chi connectivity index (χ1) is 13.4. The van der Waals surface area contributed by atoms with Crippen LogP contribution in [0.2, 0.25) is 0 Å². The van der Waals surface area contributed by atoms with E-state index in [1.54, 1.807) is 29.8 Å². The number of nitrogens with two attached hydrogens (primary N) is 2. The Hall–Kier alpha value is -3.87. The Labute approximate surface area is 161 Å². The molecule has 0 aliphatic heterocycles. The molecule has 5 N–H and O–H groups in total. The highest BCUT2D eigenvalue weighted by Gasteiger charge is 2.24. The summed E-state index contributed by atoms with van der Waals surface area (Å²) in [5.74, 6) is 0.129. The van der Waals surface area contributed by atoms with Crippen LogP contribution in [0.25, 0.3) is 28.1 Å². The van der Waals surface area contributed by atoms with Crippen LogP contribution >= 0.6 is 0 Å². The van der Waals surface area contributed by atoms with Gasteiger partial charge in [-0.2, -0.15) is 0 Å². The molecule has 4 rings (SSSR count). The summed E-state index contributed by atoms with van der Waals surface area (Å²) in [4.78, 5) is 21.2. The smallest absolute Gasteiger partial charge is 0.253 e. The molecule has 0 saturated heterocycles. The van der Waals surface area contributed by atoms with E-state index in [1.807, 2.05) is 37.3 Å². The number of benzene rings is 2. The zero-order valence-electron chi connectivity index (χ0n) is 15.5. The van der Waals surface area contributed by atoms with Gasteiger partial charge < -0.3 is 16.6 Å². The number of aryl methyl sites for hydroxylation is 1. The number of fused-ring (bicyclic) bond motifs is 1. The van der Waals surface area contributed by atoms with Crippen LogP contribution in [0.15, 0.2) is 48.7 Å². The molecule has 7 heteroatoms. The van der Waals surface area contributed by atoms with Crippen molar-refractivity contribution in [2.45, 2.75) is 13.8 Å². The molecule has 2 heterocycles. The molecular formula is C21H19N5O2. The van der Waals surface area contributed by atoms with Gasteiger partial charge in [-0.15, -0.1) is 0 Å². The van der Waals surface area contributed by atoms with Crippen molar-refractivity contribution in [1.29, 1.82) is 0 Å². The molecule has 0 radical (unpaired) electrons. The summed E-state index contributed by atoms with van der Waals surface area (Å²) < 4.78 is 1.66. The fourth-order valence-corrected chi connectivity index (χ4v) is 3.46. The molecular weight excluding hydrogens is 354 g/mol. The summed E-state index contributed by atoms with van der Waals surface area (Å²) in [6, 6.07) is 12.9. The molecule has 0 bridgehead atoms. The molecule has 28 heavy (non-hydrogen) atoms. The highest BCUT2D eigenvalue weighted by atomic mass is 16.3. The molecule has 2 aromatic heterocycles. The number of phenols is 1. The van der Waals surface area contributed by atoms with Gasteiger partial charge in [-0.3, -0.25) is 9.36 Å².